The number of hydrogen-bond acceptors (Lipinski definition) is 1. The van der Waals surface area contributed by atoms with E-state index in [1.165, 1.54) is 0 Å². The highest BCUT2D eigenvalue weighted by Gasteiger charge is 2.12. The van der Waals surface area contributed by atoms with Gasteiger partial charge in [0.25, 0.3) is 0 Å². The molecular formula is C13H15NOS. The van der Waals surface area contributed by atoms with Gasteiger partial charge in [0.1, 0.15) is 11.0 Å². The molecule has 0 N–H and O–H groups in total. The van der Waals surface area contributed by atoms with E-state index in [9.17, 15) is 4.21 Å². The molecule has 0 spiro atoms. The van der Waals surface area contributed by atoms with E-state index < -0.39 is 11.0 Å². The molecule has 0 aromatic heterocycles. The Morgan fingerprint density at radius 3 is 2.62 bits per heavy atom. The second-order valence-electron chi connectivity index (χ2n) is 3.38. The van der Waals surface area contributed by atoms with Crippen LogP contribution in [0, 0.1) is 19.3 Å². The van der Waals surface area contributed by atoms with Gasteiger partial charge in [-0.25, -0.2) is 8.51 Å². The van der Waals surface area contributed by atoms with E-state index in [-0.39, 0.29) is 0 Å². The minimum absolute atomic E-state index is 0.354. The smallest absolute Gasteiger partial charge is 0.128 e. The Hall–Kier alpha value is -1.37. The number of rotatable bonds is 5. The van der Waals surface area contributed by atoms with E-state index in [2.05, 4.69) is 12.5 Å². The molecule has 1 aromatic rings. The summed E-state index contributed by atoms with van der Waals surface area (Å²) in [5.74, 6) is 2.50. The summed E-state index contributed by atoms with van der Waals surface area (Å²) in [6.07, 6.45) is 6.94. The molecule has 2 nitrogen and oxygen atoms in total. The summed E-state index contributed by atoms with van der Waals surface area (Å²) < 4.78 is 13.8. The van der Waals surface area contributed by atoms with Gasteiger partial charge in [-0.3, -0.25) is 0 Å². The molecule has 1 rings (SSSR count). The predicted molar refractivity (Wildman–Crippen MR) is 68.2 cm³/mol. The van der Waals surface area contributed by atoms with Crippen LogP contribution in [0.4, 0.5) is 0 Å². The zero-order chi connectivity index (χ0) is 12.0. The maximum atomic E-state index is 12.1. The first-order valence-electron chi connectivity index (χ1n) is 4.97. The summed E-state index contributed by atoms with van der Waals surface area (Å²) in [6, 6.07) is 7.60. The predicted octanol–water partition coefficient (Wildman–Crippen LogP) is 2.14. The number of nitrogens with zero attached hydrogens (tertiary/aromatic N) is 1. The highest BCUT2D eigenvalue weighted by atomic mass is 32.2. The average molecular weight is 233 g/mol. The van der Waals surface area contributed by atoms with Crippen molar-refractivity contribution in [2.75, 3.05) is 13.1 Å². The molecular weight excluding hydrogens is 218 g/mol. The van der Waals surface area contributed by atoms with Crippen LogP contribution in [-0.4, -0.2) is 21.6 Å². The van der Waals surface area contributed by atoms with Gasteiger partial charge in [-0.05, 0) is 19.1 Å². The molecule has 0 aliphatic rings. The van der Waals surface area contributed by atoms with Crippen LogP contribution in [0.5, 0.6) is 0 Å². The fraction of sp³-hybridized carbons (Fsp3) is 0.231. The van der Waals surface area contributed by atoms with E-state index in [0.29, 0.717) is 13.1 Å². The lowest BCUT2D eigenvalue weighted by Crippen LogP contribution is -2.26. The third-order valence-electron chi connectivity index (χ3n) is 2.06. The van der Waals surface area contributed by atoms with E-state index in [1.807, 2.05) is 31.2 Å². The normalized spacial score (nSPS) is 12.1. The molecule has 0 radical (unpaired) electrons. The summed E-state index contributed by atoms with van der Waals surface area (Å²) in [5.41, 5.74) is 1.15. The maximum absolute atomic E-state index is 12.1. The van der Waals surface area contributed by atoms with Crippen molar-refractivity contribution in [2.45, 2.75) is 11.8 Å². The van der Waals surface area contributed by atoms with E-state index in [1.54, 1.807) is 10.4 Å². The first-order chi connectivity index (χ1) is 7.69. The van der Waals surface area contributed by atoms with Gasteiger partial charge in [-0.1, -0.05) is 29.7 Å². The Morgan fingerprint density at radius 2 is 2.12 bits per heavy atom. The van der Waals surface area contributed by atoms with Gasteiger partial charge in [0.15, 0.2) is 0 Å². The molecule has 0 amide bonds. The van der Waals surface area contributed by atoms with Crippen molar-refractivity contribution in [1.29, 1.82) is 0 Å². The van der Waals surface area contributed by atoms with Crippen LogP contribution in [0.1, 0.15) is 5.56 Å². The monoisotopic (exact) mass is 233 g/mol. The van der Waals surface area contributed by atoms with Crippen LogP contribution in [0.15, 0.2) is 41.8 Å². The first-order valence-corrected chi connectivity index (χ1v) is 6.07. The number of benzene rings is 1. The summed E-state index contributed by atoms with van der Waals surface area (Å²) >= 11 is 0. The average Bonchev–Trinajstić information content (AvgIpc) is 2.29. The topological polar surface area (TPSA) is 20.3 Å². The van der Waals surface area contributed by atoms with E-state index >= 15 is 0 Å². The highest BCUT2D eigenvalue weighted by molar-refractivity contribution is 7.82. The number of terminal acetylenes is 1. The largest absolute Gasteiger partial charge is 0.237 e. The van der Waals surface area contributed by atoms with Crippen molar-refractivity contribution in [3.05, 3.63) is 42.5 Å². The molecule has 1 aromatic carbocycles. The molecule has 84 valence electrons. The summed E-state index contributed by atoms with van der Waals surface area (Å²) in [5, 5.41) is 0. The molecule has 0 aliphatic carbocycles. The minimum Gasteiger partial charge on any atom is -0.237 e. The first kappa shape index (κ1) is 12.7. The van der Waals surface area contributed by atoms with Crippen molar-refractivity contribution in [2.24, 2.45) is 0 Å². The fourth-order valence-electron chi connectivity index (χ4n) is 1.24. The number of aryl methyl sites for hydroxylation is 1. The standard InChI is InChI=1S/C13H15NOS/c1-4-10-14(11-5-2)16(15)13-8-6-12(3)7-9-13/h1,5-9H,2,10-11H2,3H3/t16-/m0/s1. The molecule has 1 atom stereocenters. The lowest BCUT2D eigenvalue weighted by Gasteiger charge is -2.16. The van der Waals surface area contributed by atoms with Crippen LogP contribution in [0.25, 0.3) is 0 Å². The van der Waals surface area contributed by atoms with Crippen molar-refractivity contribution in [1.82, 2.24) is 4.31 Å². The van der Waals surface area contributed by atoms with Gasteiger partial charge < -0.3 is 0 Å². The van der Waals surface area contributed by atoms with Crippen LogP contribution in [-0.2, 0) is 11.0 Å². The second-order valence-corrected chi connectivity index (χ2v) is 4.86. The molecule has 0 saturated heterocycles. The molecule has 0 heterocycles. The van der Waals surface area contributed by atoms with Crippen LogP contribution >= 0.6 is 0 Å². The zero-order valence-electron chi connectivity index (χ0n) is 9.35. The summed E-state index contributed by atoms with van der Waals surface area (Å²) in [4.78, 5) is 0.766. The van der Waals surface area contributed by atoms with Crippen molar-refractivity contribution < 1.29 is 4.21 Å². The molecule has 16 heavy (non-hydrogen) atoms. The fourth-order valence-corrected chi connectivity index (χ4v) is 2.34. The van der Waals surface area contributed by atoms with Crippen molar-refractivity contribution in [3.8, 4) is 12.3 Å². The minimum atomic E-state index is -1.21. The van der Waals surface area contributed by atoms with Gasteiger partial charge in [0, 0.05) is 6.54 Å². The molecule has 0 bridgehead atoms. The Balaban J connectivity index is 2.86. The molecule has 0 fully saturated rings. The molecule has 0 saturated carbocycles. The summed E-state index contributed by atoms with van der Waals surface area (Å²) in [6.45, 7) is 6.50. The van der Waals surface area contributed by atoms with Gasteiger partial charge in [0.2, 0.25) is 0 Å². The van der Waals surface area contributed by atoms with E-state index in [4.69, 9.17) is 6.42 Å². The SMILES string of the molecule is C#CCN(CC=C)[S@@](=O)c1ccc(C)cc1. The van der Waals surface area contributed by atoms with E-state index in [0.717, 1.165) is 10.5 Å². The Morgan fingerprint density at radius 1 is 1.50 bits per heavy atom. The Bertz CT molecular complexity index is 417. The summed E-state index contributed by atoms with van der Waals surface area (Å²) in [7, 11) is -1.21. The second kappa shape index (κ2) is 6.26. The van der Waals surface area contributed by atoms with Crippen molar-refractivity contribution >= 4 is 11.0 Å². The molecule has 0 aliphatic heterocycles. The molecule has 0 unspecified atom stereocenters. The highest BCUT2D eigenvalue weighted by Crippen LogP contribution is 2.11. The van der Waals surface area contributed by atoms with Gasteiger partial charge >= 0.3 is 0 Å². The maximum Gasteiger partial charge on any atom is 0.128 e. The van der Waals surface area contributed by atoms with Crippen molar-refractivity contribution in [3.63, 3.8) is 0 Å². The quantitative estimate of drug-likeness (QED) is 0.563. The third-order valence-corrected chi connectivity index (χ3v) is 3.48. The lowest BCUT2D eigenvalue weighted by atomic mass is 10.2. The Labute approximate surface area is 99.6 Å². The number of hydrogen-bond donors (Lipinski definition) is 0. The van der Waals surface area contributed by atoms with Crippen LogP contribution in [0.3, 0.4) is 0 Å². The lowest BCUT2D eigenvalue weighted by molar-refractivity contribution is 0.537. The van der Waals surface area contributed by atoms with Gasteiger partial charge in [-0.15, -0.1) is 13.0 Å². The van der Waals surface area contributed by atoms with Gasteiger partial charge in [-0.2, -0.15) is 0 Å². The zero-order valence-corrected chi connectivity index (χ0v) is 10.2. The van der Waals surface area contributed by atoms with Gasteiger partial charge in [0.05, 0.1) is 11.4 Å². The Kier molecular flexibility index (Phi) is 4.97. The van der Waals surface area contributed by atoms with Crippen LogP contribution < -0.4 is 0 Å². The molecule has 3 heteroatoms. The van der Waals surface area contributed by atoms with Crippen LogP contribution in [0.2, 0.25) is 0 Å². The third kappa shape index (κ3) is 3.34.